The van der Waals surface area contributed by atoms with Crippen LogP contribution in [0.4, 0.5) is 4.79 Å². The predicted octanol–water partition coefficient (Wildman–Crippen LogP) is 4.14. The Hall–Kier alpha value is -1.88. The summed E-state index contributed by atoms with van der Waals surface area (Å²) in [6, 6.07) is 8.15. The minimum absolute atomic E-state index is 0.381. The molecular formula is C16H20N2O2S. The third kappa shape index (κ3) is 4.56. The van der Waals surface area contributed by atoms with Crippen LogP contribution in [-0.2, 0) is 11.3 Å². The molecule has 1 N–H and O–H groups in total. The molecular weight excluding hydrogens is 284 g/mol. The Kier molecular flexibility index (Phi) is 5.75. The number of hydrogen-bond donors (Lipinski definition) is 1. The number of rotatable bonds is 6. The van der Waals surface area contributed by atoms with Crippen LogP contribution in [0.15, 0.2) is 29.6 Å². The van der Waals surface area contributed by atoms with E-state index >= 15 is 0 Å². The molecule has 1 heterocycles. The molecule has 0 unspecified atom stereocenters. The average molecular weight is 304 g/mol. The molecule has 0 fully saturated rings. The lowest BCUT2D eigenvalue weighted by atomic mass is 10.1. The lowest BCUT2D eigenvalue weighted by Crippen LogP contribution is -2.24. The number of ether oxygens (including phenoxy) is 1. The van der Waals surface area contributed by atoms with Crippen molar-refractivity contribution in [3.8, 4) is 10.6 Å². The standard InChI is InChI=1S/C16H20N2O2S/c1-3-4-9-20-16(19)17-10-13-11-21-15(18-13)14-8-6-5-7-12(14)2/h5-8,11H,3-4,9-10H2,1-2H3,(H,17,19). The van der Waals surface area contributed by atoms with Crippen molar-refractivity contribution in [2.24, 2.45) is 0 Å². The van der Waals surface area contributed by atoms with Gasteiger partial charge in [0.1, 0.15) is 5.01 Å². The Morgan fingerprint density at radius 2 is 2.19 bits per heavy atom. The van der Waals surface area contributed by atoms with Crippen molar-refractivity contribution in [2.75, 3.05) is 6.61 Å². The van der Waals surface area contributed by atoms with E-state index in [0.29, 0.717) is 13.2 Å². The van der Waals surface area contributed by atoms with Crippen LogP contribution in [0, 0.1) is 6.92 Å². The van der Waals surface area contributed by atoms with Gasteiger partial charge in [-0.1, -0.05) is 37.6 Å². The van der Waals surface area contributed by atoms with Crippen molar-refractivity contribution in [1.29, 1.82) is 0 Å². The first-order valence-corrected chi connectivity index (χ1v) is 7.99. The fourth-order valence-corrected chi connectivity index (χ4v) is 2.76. The quantitative estimate of drug-likeness (QED) is 0.816. The molecule has 1 aromatic carbocycles. The Morgan fingerprint density at radius 3 is 2.95 bits per heavy atom. The molecule has 0 saturated heterocycles. The summed E-state index contributed by atoms with van der Waals surface area (Å²) in [6.07, 6.45) is 1.52. The van der Waals surface area contributed by atoms with Crippen LogP contribution in [-0.4, -0.2) is 17.7 Å². The van der Waals surface area contributed by atoms with Gasteiger partial charge in [0, 0.05) is 10.9 Å². The number of hydrogen-bond acceptors (Lipinski definition) is 4. The monoisotopic (exact) mass is 304 g/mol. The number of unbranched alkanes of at least 4 members (excludes halogenated alkanes) is 1. The Bertz CT molecular complexity index is 595. The maximum absolute atomic E-state index is 11.5. The number of aromatic nitrogens is 1. The molecule has 4 nitrogen and oxygen atoms in total. The largest absolute Gasteiger partial charge is 0.450 e. The van der Waals surface area contributed by atoms with E-state index in [1.165, 1.54) is 5.56 Å². The Labute approximate surface area is 129 Å². The summed E-state index contributed by atoms with van der Waals surface area (Å²) in [6.45, 7) is 4.99. The van der Waals surface area contributed by atoms with Crippen LogP contribution in [0.2, 0.25) is 0 Å². The van der Waals surface area contributed by atoms with Gasteiger partial charge in [0.05, 0.1) is 18.8 Å². The molecule has 0 saturated carbocycles. The highest BCUT2D eigenvalue weighted by Gasteiger charge is 2.08. The van der Waals surface area contributed by atoms with E-state index in [0.717, 1.165) is 29.1 Å². The number of thiazole rings is 1. The molecule has 5 heteroatoms. The van der Waals surface area contributed by atoms with Gasteiger partial charge < -0.3 is 10.1 Å². The second kappa shape index (κ2) is 7.78. The first-order valence-electron chi connectivity index (χ1n) is 7.11. The highest BCUT2D eigenvalue weighted by molar-refractivity contribution is 7.13. The van der Waals surface area contributed by atoms with Crippen molar-refractivity contribution < 1.29 is 9.53 Å². The van der Waals surface area contributed by atoms with Crippen molar-refractivity contribution in [2.45, 2.75) is 33.2 Å². The summed E-state index contributed by atoms with van der Waals surface area (Å²) >= 11 is 1.59. The van der Waals surface area contributed by atoms with Crippen LogP contribution in [0.1, 0.15) is 31.0 Å². The molecule has 21 heavy (non-hydrogen) atoms. The molecule has 0 bridgehead atoms. The van der Waals surface area contributed by atoms with Crippen LogP contribution < -0.4 is 5.32 Å². The lowest BCUT2D eigenvalue weighted by molar-refractivity contribution is 0.144. The summed E-state index contributed by atoms with van der Waals surface area (Å²) in [7, 11) is 0. The third-order valence-electron chi connectivity index (χ3n) is 3.07. The summed E-state index contributed by atoms with van der Waals surface area (Å²) in [5.41, 5.74) is 3.19. The lowest BCUT2D eigenvalue weighted by Gasteiger charge is -2.04. The molecule has 0 aliphatic carbocycles. The highest BCUT2D eigenvalue weighted by atomic mass is 32.1. The fourth-order valence-electron chi connectivity index (χ4n) is 1.85. The van der Waals surface area contributed by atoms with Gasteiger partial charge in [0.2, 0.25) is 0 Å². The van der Waals surface area contributed by atoms with Gasteiger partial charge >= 0.3 is 6.09 Å². The minimum atomic E-state index is -0.381. The Morgan fingerprint density at radius 1 is 1.38 bits per heavy atom. The zero-order chi connectivity index (χ0) is 15.1. The number of benzene rings is 1. The molecule has 2 aromatic rings. The molecule has 0 aliphatic heterocycles. The summed E-state index contributed by atoms with van der Waals surface area (Å²) in [4.78, 5) is 16.0. The normalized spacial score (nSPS) is 10.4. The average Bonchev–Trinajstić information content (AvgIpc) is 2.94. The van der Waals surface area contributed by atoms with Gasteiger partial charge in [0.25, 0.3) is 0 Å². The molecule has 0 spiro atoms. The Balaban J connectivity index is 1.89. The second-order valence-electron chi connectivity index (χ2n) is 4.80. The summed E-state index contributed by atoms with van der Waals surface area (Å²) < 4.78 is 5.04. The molecule has 1 aromatic heterocycles. The van der Waals surface area contributed by atoms with Crippen molar-refractivity contribution in [3.05, 3.63) is 40.9 Å². The van der Waals surface area contributed by atoms with Crippen molar-refractivity contribution >= 4 is 17.4 Å². The maximum Gasteiger partial charge on any atom is 0.407 e. The fraction of sp³-hybridized carbons (Fsp3) is 0.375. The van der Waals surface area contributed by atoms with E-state index in [2.05, 4.69) is 36.3 Å². The molecule has 2 rings (SSSR count). The van der Waals surface area contributed by atoms with Crippen LogP contribution in [0.5, 0.6) is 0 Å². The van der Waals surface area contributed by atoms with Crippen LogP contribution in [0.3, 0.4) is 0 Å². The first-order chi connectivity index (χ1) is 10.2. The third-order valence-corrected chi connectivity index (χ3v) is 4.00. The predicted molar refractivity (Wildman–Crippen MR) is 85.4 cm³/mol. The highest BCUT2D eigenvalue weighted by Crippen LogP contribution is 2.26. The molecule has 112 valence electrons. The zero-order valence-electron chi connectivity index (χ0n) is 12.4. The van der Waals surface area contributed by atoms with Gasteiger partial charge in [0.15, 0.2) is 0 Å². The van der Waals surface area contributed by atoms with Gasteiger partial charge in [-0.15, -0.1) is 11.3 Å². The number of aryl methyl sites for hydroxylation is 1. The van der Waals surface area contributed by atoms with Crippen LogP contribution in [0.25, 0.3) is 10.6 Å². The van der Waals surface area contributed by atoms with E-state index in [1.54, 1.807) is 11.3 Å². The van der Waals surface area contributed by atoms with Crippen molar-refractivity contribution in [1.82, 2.24) is 10.3 Å². The number of carbonyl (C=O) groups excluding carboxylic acids is 1. The topological polar surface area (TPSA) is 51.2 Å². The molecule has 0 atom stereocenters. The first kappa shape index (κ1) is 15.5. The van der Waals surface area contributed by atoms with E-state index in [-0.39, 0.29) is 6.09 Å². The number of alkyl carbamates (subject to hydrolysis) is 1. The smallest absolute Gasteiger partial charge is 0.407 e. The van der Waals surface area contributed by atoms with Crippen molar-refractivity contribution in [3.63, 3.8) is 0 Å². The zero-order valence-corrected chi connectivity index (χ0v) is 13.2. The minimum Gasteiger partial charge on any atom is -0.450 e. The summed E-state index contributed by atoms with van der Waals surface area (Å²) in [5.74, 6) is 0. The second-order valence-corrected chi connectivity index (χ2v) is 5.66. The summed E-state index contributed by atoms with van der Waals surface area (Å²) in [5, 5.41) is 5.66. The molecule has 0 aliphatic rings. The van der Waals surface area contributed by atoms with Crippen LogP contribution >= 0.6 is 11.3 Å². The van der Waals surface area contributed by atoms with E-state index in [4.69, 9.17) is 4.74 Å². The maximum atomic E-state index is 11.5. The van der Waals surface area contributed by atoms with E-state index < -0.39 is 0 Å². The van der Waals surface area contributed by atoms with Gasteiger partial charge in [-0.25, -0.2) is 9.78 Å². The van der Waals surface area contributed by atoms with Gasteiger partial charge in [-0.3, -0.25) is 0 Å². The molecule has 0 radical (unpaired) electrons. The van der Waals surface area contributed by atoms with Gasteiger partial charge in [-0.2, -0.15) is 0 Å². The van der Waals surface area contributed by atoms with E-state index in [1.807, 2.05) is 17.5 Å². The van der Waals surface area contributed by atoms with E-state index in [9.17, 15) is 4.79 Å². The number of carbonyl (C=O) groups is 1. The molecule has 1 amide bonds. The van der Waals surface area contributed by atoms with Gasteiger partial charge in [-0.05, 0) is 18.9 Å². The number of amides is 1. The SMILES string of the molecule is CCCCOC(=O)NCc1csc(-c2ccccc2C)n1. The number of nitrogens with one attached hydrogen (secondary N) is 1. The number of nitrogens with zero attached hydrogens (tertiary/aromatic N) is 1.